The van der Waals surface area contributed by atoms with Crippen molar-refractivity contribution in [1.29, 1.82) is 0 Å². The van der Waals surface area contributed by atoms with Gasteiger partial charge in [0.15, 0.2) is 0 Å². The van der Waals surface area contributed by atoms with E-state index in [9.17, 15) is 9.00 Å². The number of aryl methyl sites for hydroxylation is 1. The quantitative estimate of drug-likeness (QED) is 0.417. The Hall–Kier alpha value is -1.82. The van der Waals surface area contributed by atoms with Crippen molar-refractivity contribution in [3.63, 3.8) is 0 Å². The Bertz CT molecular complexity index is 566. The normalized spacial score (nSPS) is 12.6. The van der Waals surface area contributed by atoms with Crippen LogP contribution in [-0.4, -0.2) is 30.2 Å². The molecule has 0 aliphatic heterocycles. The summed E-state index contributed by atoms with van der Waals surface area (Å²) < 4.78 is 26.9. The van der Waals surface area contributed by atoms with Crippen molar-refractivity contribution in [2.24, 2.45) is 0 Å². The van der Waals surface area contributed by atoms with E-state index in [1.54, 1.807) is 6.07 Å². The van der Waals surface area contributed by atoms with Gasteiger partial charge in [-0.2, -0.15) is 0 Å². The van der Waals surface area contributed by atoms with Gasteiger partial charge in [-0.1, -0.05) is 19.1 Å². The van der Waals surface area contributed by atoms with E-state index in [0.717, 1.165) is 17.5 Å². The van der Waals surface area contributed by atoms with E-state index in [1.165, 1.54) is 20.5 Å². The zero-order valence-corrected chi connectivity index (χ0v) is 14.2. The Kier molecular flexibility index (Phi) is 7.66. The molecule has 0 amide bonds. The molecule has 0 aliphatic carbocycles. The van der Waals surface area contributed by atoms with Crippen molar-refractivity contribution in [2.45, 2.75) is 26.0 Å². The van der Waals surface area contributed by atoms with Crippen LogP contribution in [0.4, 0.5) is 0 Å². The lowest BCUT2D eigenvalue weighted by molar-refractivity contribution is -0.138. The summed E-state index contributed by atoms with van der Waals surface area (Å²) in [6.45, 7) is 3.86. The maximum Gasteiger partial charge on any atom is 0.377 e. The molecule has 0 fully saturated rings. The average Bonchev–Trinajstić information content (AvgIpc) is 2.49. The topological polar surface area (TPSA) is 61.8 Å². The maximum atomic E-state index is 11.9. The molecule has 1 rings (SSSR count). The third kappa shape index (κ3) is 5.52. The minimum atomic E-state index is -0.899. The molecular weight excluding hydrogens is 304 g/mol. The fourth-order valence-corrected chi connectivity index (χ4v) is 2.92. The van der Waals surface area contributed by atoms with Crippen LogP contribution in [0.2, 0.25) is 0 Å². The highest BCUT2D eigenvalue weighted by Crippen LogP contribution is 2.23. The van der Waals surface area contributed by atoms with Gasteiger partial charge in [0.2, 0.25) is 5.76 Å². The van der Waals surface area contributed by atoms with Gasteiger partial charge in [-0.3, -0.25) is 4.21 Å². The van der Waals surface area contributed by atoms with E-state index >= 15 is 0 Å². The molecule has 1 aromatic rings. The Labute approximate surface area is 133 Å². The summed E-state index contributed by atoms with van der Waals surface area (Å²) in [6.07, 6.45) is 2.07. The van der Waals surface area contributed by atoms with Crippen LogP contribution in [-0.2, 0) is 30.8 Å². The minimum absolute atomic E-state index is 0.0417. The second-order valence-corrected chi connectivity index (χ2v) is 6.28. The van der Waals surface area contributed by atoms with Gasteiger partial charge in [0.1, 0.15) is 12.0 Å². The van der Waals surface area contributed by atoms with Gasteiger partial charge in [0.05, 0.1) is 14.2 Å². The van der Waals surface area contributed by atoms with E-state index in [0.29, 0.717) is 17.3 Å². The van der Waals surface area contributed by atoms with Crippen molar-refractivity contribution in [3.8, 4) is 5.75 Å². The number of hydrogen-bond donors (Lipinski definition) is 0. The first-order valence-electron chi connectivity index (χ1n) is 6.95. The molecule has 0 heterocycles. The molecule has 5 nitrogen and oxygen atoms in total. The molecule has 0 radical (unpaired) electrons. The molecule has 1 unspecified atom stereocenters. The van der Waals surface area contributed by atoms with E-state index in [4.69, 9.17) is 9.47 Å². The maximum absolute atomic E-state index is 11.9. The average molecular weight is 326 g/mol. The summed E-state index contributed by atoms with van der Waals surface area (Å²) in [5.41, 5.74) is 1.75. The third-order valence-corrected chi connectivity index (χ3v) is 4.36. The third-order valence-electron chi connectivity index (χ3n) is 2.84. The lowest BCUT2D eigenvalue weighted by atomic mass is 10.1. The number of carbonyl (C=O) groups excluding carboxylic acids is 1. The molecule has 0 spiro atoms. The summed E-state index contributed by atoms with van der Waals surface area (Å²) in [5.74, 6) is 0.980. The summed E-state index contributed by atoms with van der Waals surface area (Å²) in [7, 11) is 1.79. The summed E-state index contributed by atoms with van der Waals surface area (Å²) >= 11 is 0. The highest BCUT2D eigenvalue weighted by molar-refractivity contribution is 7.84. The van der Waals surface area contributed by atoms with Crippen molar-refractivity contribution in [2.75, 3.05) is 20.0 Å². The first-order valence-corrected chi connectivity index (χ1v) is 8.44. The van der Waals surface area contributed by atoms with E-state index in [2.05, 4.69) is 4.74 Å². The monoisotopic (exact) mass is 326 g/mol. The minimum Gasteiger partial charge on any atom is -0.500 e. The zero-order valence-electron chi connectivity index (χ0n) is 13.4. The van der Waals surface area contributed by atoms with Crippen molar-refractivity contribution in [3.05, 3.63) is 41.3 Å². The predicted octanol–water partition coefficient (Wildman–Crippen LogP) is 2.69. The molecule has 0 aliphatic rings. The van der Waals surface area contributed by atoms with E-state index in [-0.39, 0.29) is 5.76 Å². The van der Waals surface area contributed by atoms with Gasteiger partial charge in [0, 0.05) is 22.3 Å². The first-order chi connectivity index (χ1) is 10.5. The Morgan fingerprint density at radius 1 is 1.32 bits per heavy atom. The van der Waals surface area contributed by atoms with Gasteiger partial charge in [-0.15, -0.1) is 0 Å². The summed E-state index contributed by atoms with van der Waals surface area (Å²) in [6, 6.07) is 5.57. The highest BCUT2D eigenvalue weighted by atomic mass is 32.2. The van der Waals surface area contributed by atoms with Crippen molar-refractivity contribution >= 4 is 16.8 Å². The van der Waals surface area contributed by atoms with Crippen LogP contribution in [0.5, 0.6) is 5.75 Å². The molecule has 22 heavy (non-hydrogen) atoms. The second kappa shape index (κ2) is 9.25. The number of rotatable bonds is 8. The fraction of sp³-hybridized carbons (Fsp3) is 0.438. The molecule has 0 aromatic heterocycles. The number of benzene rings is 1. The predicted molar refractivity (Wildman–Crippen MR) is 85.9 cm³/mol. The molecule has 0 N–H and O–H groups in total. The van der Waals surface area contributed by atoms with E-state index in [1.807, 2.05) is 26.0 Å². The molecule has 0 saturated carbocycles. The number of methoxy groups -OCH3 is 2. The Morgan fingerprint density at radius 3 is 2.64 bits per heavy atom. The molecule has 122 valence electrons. The molecule has 1 atom stereocenters. The van der Waals surface area contributed by atoms with Crippen LogP contribution in [0.1, 0.15) is 24.5 Å². The summed E-state index contributed by atoms with van der Waals surface area (Å²) in [4.78, 5) is 11.6. The van der Waals surface area contributed by atoms with Crippen LogP contribution in [0.3, 0.4) is 0 Å². The number of carbonyl (C=O) groups is 1. The second-order valence-electron chi connectivity index (χ2n) is 4.70. The molecule has 1 aromatic carbocycles. The Morgan fingerprint density at radius 2 is 2.05 bits per heavy atom. The molecular formula is C16H22O5S. The SMILES string of the molecule is CCCS(=O)Cc1ccc(C)c(O/C(=C\OC)C(=O)OC)c1. The van der Waals surface area contributed by atoms with Gasteiger partial charge in [0.25, 0.3) is 0 Å². The molecule has 6 heteroatoms. The van der Waals surface area contributed by atoms with Crippen molar-refractivity contribution in [1.82, 2.24) is 0 Å². The highest BCUT2D eigenvalue weighted by Gasteiger charge is 2.15. The van der Waals surface area contributed by atoms with Crippen LogP contribution < -0.4 is 4.74 Å². The lowest BCUT2D eigenvalue weighted by Gasteiger charge is -2.12. The number of esters is 1. The standard InChI is InChI=1S/C16H22O5S/c1-5-8-22(18)11-13-7-6-12(2)14(9-13)21-15(10-19-3)16(17)20-4/h6-7,9-10H,5,8,11H2,1-4H3/b15-10-. The fourth-order valence-electron chi connectivity index (χ4n) is 1.77. The summed E-state index contributed by atoms with van der Waals surface area (Å²) in [5, 5.41) is 0. The van der Waals surface area contributed by atoms with Crippen LogP contribution >= 0.6 is 0 Å². The van der Waals surface area contributed by atoms with Gasteiger partial charge in [-0.25, -0.2) is 4.79 Å². The van der Waals surface area contributed by atoms with Crippen LogP contribution in [0.15, 0.2) is 30.2 Å². The van der Waals surface area contributed by atoms with Gasteiger partial charge in [-0.05, 0) is 30.5 Å². The zero-order chi connectivity index (χ0) is 16.5. The number of hydrogen-bond acceptors (Lipinski definition) is 5. The van der Waals surface area contributed by atoms with E-state index < -0.39 is 16.8 Å². The smallest absolute Gasteiger partial charge is 0.377 e. The molecule has 0 saturated heterocycles. The van der Waals surface area contributed by atoms with Crippen LogP contribution in [0.25, 0.3) is 0 Å². The van der Waals surface area contributed by atoms with Gasteiger partial charge >= 0.3 is 5.97 Å². The largest absolute Gasteiger partial charge is 0.500 e. The number of ether oxygens (including phenoxy) is 3. The van der Waals surface area contributed by atoms with Crippen LogP contribution in [0, 0.1) is 6.92 Å². The Balaban J connectivity index is 2.96. The lowest BCUT2D eigenvalue weighted by Crippen LogP contribution is -2.12. The first kappa shape index (κ1) is 18.2. The molecule has 0 bridgehead atoms. The van der Waals surface area contributed by atoms with Gasteiger partial charge < -0.3 is 14.2 Å². The van der Waals surface area contributed by atoms with Crippen molar-refractivity contribution < 1.29 is 23.2 Å².